The van der Waals surface area contributed by atoms with Crippen molar-refractivity contribution in [2.45, 2.75) is 25.3 Å². The van der Waals surface area contributed by atoms with E-state index in [2.05, 4.69) is 27.8 Å². The molecule has 2 amide bonds. The molecule has 32 heavy (non-hydrogen) atoms. The molecule has 1 aliphatic carbocycles. The number of carbonyl (C=O) groups excluding carboxylic acids is 2. The number of fused-ring (bicyclic) bond motifs is 3. The van der Waals surface area contributed by atoms with E-state index in [1.807, 2.05) is 36.4 Å². The van der Waals surface area contributed by atoms with Crippen LogP contribution in [0.5, 0.6) is 0 Å². The molecule has 1 heterocycles. The lowest BCUT2D eigenvalue weighted by Gasteiger charge is -2.14. The molecule has 9 heteroatoms. The van der Waals surface area contributed by atoms with Gasteiger partial charge in [-0.15, -0.1) is 11.3 Å². The van der Waals surface area contributed by atoms with Gasteiger partial charge in [-0.05, 0) is 29.2 Å². The Labute approximate surface area is 188 Å². The molecule has 3 aromatic rings. The summed E-state index contributed by atoms with van der Waals surface area (Å²) in [6.45, 7) is 1.57. The van der Waals surface area contributed by atoms with Gasteiger partial charge in [-0.2, -0.15) is 0 Å². The van der Waals surface area contributed by atoms with E-state index in [4.69, 9.17) is 9.84 Å². The maximum absolute atomic E-state index is 12.3. The van der Waals surface area contributed by atoms with Gasteiger partial charge in [0.2, 0.25) is 5.91 Å². The quantitative estimate of drug-likeness (QED) is 0.505. The zero-order valence-electron chi connectivity index (χ0n) is 17.2. The summed E-state index contributed by atoms with van der Waals surface area (Å²) in [4.78, 5) is 39.2. The highest BCUT2D eigenvalue weighted by atomic mass is 32.1. The normalized spacial score (nSPS) is 13.0. The number of anilines is 1. The fraction of sp³-hybridized carbons (Fsp3) is 0.217. The highest BCUT2D eigenvalue weighted by Crippen LogP contribution is 2.44. The van der Waals surface area contributed by atoms with Gasteiger partial charge < -0.3 is 15.2 Å². The first-order chi connectivity index (χ1) is 15.4. The predicted octanol–water partition coefficient (Wildman–Crippen LogP) is 3.64. The van der Waals surface area contributed by atoms with E-state index < -0.39 is 24.0 Å². The average Bonchev–Trinajstić information content (AvgIpc) is 3.34. The summed E-state index contributed by atoms with van der Waals surface area (Å²) in [5.41, 5.74) is 4.98. The van der Waals surface area contributed by atoms with Gasteiger partial charge in [0.15, 0.2) is 5.13 Å². The second-order valence-corrected chi connectivity index (χ2v) is 8.26. The third kappa shape index (κ3) is 4.62. The Kier molecular flexibility index (Phi) is 6.18. The molecule has 4 rings (SSSR count). The summed E-state index contributed by atoms with van der Waals surface area (Å²) in [5, 5.41) is 15.7. The van der Waals surface area contributed by atoms with E-state index in [0.29, 0.717) is 10.8 Å². The molecule has 1 aromatic heterocycles. The Morgan fingerprint density at radius 3 is 2.34 bits per heavy atom. The van der Waals surface area contributed by atoms with E-state index in [0.717, 1.165) is 33.6 Å². The van der Waals surface area contributed by atoms with Gasteiger partial charge in [-0.25, -0.2) is 9.78 Å². The van der Waals surface area contributed by atoms with Gasteiger partial charge in [-0.1, -0.05) is 48.5 Å². The van der Waals surface area contributed by atoms with Crippen LogP contribution in [0.25, 0.3) is 11.1 Å². The Hall–Kier alpha value is -3.72. The molecule has 3 N–H and O–H groups in total. The lowest BCUT2D eigenvalue weighted by atomic mass is 9.98. The lowest BCUT2D eigenvalue weighted by molar-refractivity contribution is -0.141. The number of ether oxygens (including phenoxy) is 1. The summed E-state index contributed by atoms with van der Waals surface area (Å²) >= 11 is 1.16. The molecule has 1 aliphatic rings. The van der Waals surface area contributed by atoms with Crippen LogP contribution in [0, 0.1) is 0 Å². The molecule has 0 spiro atoms. The second-order valence-electron chi connectivity index (χ2n) is 7.40. The van der Waals surface area contributed by atoms with Gasteiger partial charge >= 0.3 is 12.1 Å². The van der Waals surface area contributed by atoms with Crippen molar-refractivity contribution in [3.05, 3.63) is 70.7 Å². The summed E-state index contributed by atoms with van der Waals surface area (Å²) in [6, 6.07) is 15.2. The topological polar surface area (TPSA) is 118 Å². The number of aromatic nitrogens is 1. The number of rotatable bonds is 7. The third-order valence-corrected chi connectivity index (χ3v) is 6.00. The van der Waals surface area contributed by atoms with Gasteiger partial charge in [0.1, 0.15) is 12.6 Å². The van der Waals surface area contributed by atoms with Crippen molar-refractivity contribution in [3.8, 4) is 11.1 Å². The number of benzene rings is 2. The molecular weight excluding hydrogens is 430 g/mol. The molecule has 0 aliphatic heterocycles. The van der Waals surface area contributed by atoms with Gasteiger partial charge in [0.25, 0.3) is 0 Å². The van der Waals surface area contributed by atoms with Crippen molar-refractivity contribution in [2.75, 3.05) is 11.9 Å². The number of carboxylic acids is 1. The first-order valence-electron chi connectivity index (χ1n) is 10.0. The van der Waals surface area contributed by atoms with E-state index in [9.17, 15) is 14.4 Å². The summed E-state index contributed by atoms with van der Waals surface area (Å²) in [6.07, 6.45) is -0.711. The van der Waals surface area contributed by atoms with Gasteiger partial charge in [0, 0.05) is 11.3 Å². The summed E-state index contributed by atoms with van der Waals surface area (Å²) < 4.78 is 5.49. The maximum Gasteiger partial charge on any atom is 0.413 e. The summed E-state index contributed by atoms with van der Waals surface area (Å²) in [5.74, 6) is -1.62. The maximum atomic E-state index is 12.3. The molecule has 1 atom stereocenters. The van der Waals surface area contributed by atoms with Crippen molar-refractivity contribution in [3.63, 3.8) is 0 Å². The molecule has 0 fully saturated rings. The van der Waals surface area contributed by atoms with Crippen molar-refractivity contribution in [1.29, 1.82) is 0 Å². The molecular formula is C23H21N3O5S. The number of carbonyl (C=O) groups is 3. The number of nitrogens with one attached hydrogen (secondary N) is 2. The van der Waals surface area contributed by atoms with Crippen LogP contribution in [0.2, 0.25) is 0 Å². The third-order valence-electron chi connectivity index (χ3n) is 5.19. The van der Waals surface area contributed by atoms with Crippen molar-refractivity contribution in [2.24, 2.45) is 0 Å². The van der Waals surface area contributed by atoms with Crippen LogP contribution in [-0.4, -0.2) is 40.7 Å². The Morgan fingerprint density at radius 1 is 1.09 bits per heavy atom. The fourth-order valence-corrected chi connectivity index (χ4v) is 4.38. The minimum absolute atomic E-state index is 0.0417. The van der Waals surface area contributed by atoms with E-state index in [1.165, 1.54) is 6.92 Å². The highest BCUT2D eigenvalue weighted by Gasteiger charge is 2.29. The van der Waals surface area contributed by atoms with Crippen molar-refractivity contribution >= 4 is 34.4 Å². The van der Waals surface area contributed by atoms with Crippen LogP contribution in [0.3, 0.4) is 0 Å². The zero-order chi connectivity index (χ0) is 22.7. The lowest BCUT2D eigenvalue weighted by Crippen LogP contribution is -2.39. The number of hydrogen-bond donors (Lipinski definition) is 3. The molecule has 0 bridgehead atoms. The van der Waals surface area contributed by atoms with E-state index >= 15 is 0 Å². The van der Waals surface area contributed by atoms with Gasteiger partial charge in [0.05, 0.1) is 12.1 Å². The van der Waals surface area contributed by atoms with Crippen LogP contribution in [0.4, 0.5) is 9.93 Å². The number of aliphatic carboxylic acids is 1. The molecule has 0 saturated carbocycles. The monoisotopic (exact) mass is 451 g/mol. The number of thiazole rings is 1. The molecule has 1 unspecified atom stereocenters. The SMILES string of the molecule is CC(NC(=O)Cc1csc(NC(=O)OCC2c3ccccc3-c3ccccc32)n1)C(=O)O. The molecule has 2 aromatic carbocycles. The van der Waals surface area contributed by atoms with Gasteiger partial charge in [-0.3, -0.25) is 14.9 Å². The van der Waals surface area contributed by atoms with E-state index in [1.54, 1.807) is 5.38 Å². The Balaban J connectivity index is 1.34. The molecule has 164 valence electrons. The second kappa shape index (κ2) is 9.19. The Morgan fingerprint density at radius 2 is 1.72 bits per heavy atom. The highest BCUT2D eigenvalue weighted by molar-refractivity contribution is 7.13. The minimum Gasteiger partial charge on any atom is -0.480 e. The van der Waals surface area contributed by atoms with Crippen molar-refractivity contribution < 1.29 is 24.2 Å². The van der Waals surface area contributed by atoms with Crippen LogP contribution in [0.15, 0.2) is 53.9 Å². The molecule has 8 nitrogen and oxygen atoms in total. The first kappa shape index (κ1) is 21.5. The fourth-order valence-electron chi connectivity index (χ4n) is 3.69. The summed E-state index contributed by atoms with van der Waals surface area (Å²) in [7, 11) is 0. The van der Waals surface area contributed by atoms with Crippen LogP contribution in [-0.2, 0) is 20.7 Å². The number of hydrogen-bond acceptors (Lipinski definition) is 6. The van der Waals surface area contributed by atoms with Crippen LogP contribution >= 0.6 is 11.3 Å². The number of amides is 2. The molecule has 0 saturated heterocycles. The largest absolute Gasteiger partial charge is 0.480 e. The first-order valence-corrected chi connectivity index (χ1v) is 10.9. The predicted molar refractivity (Wildman–Crippen MR) is 120 cm³/mol. The zero-order valence-corrected chi connectivity index (χ0v) is 18.0. The number of carboxylic acid groups (broad SMARTS) is 1. The van der Waals surface area contributed by atoms with Crippen molar-refractivity contribution in [1.82, 2.24) is 10.3 Å². The van der Waals surface area contributed by atoms with Crippen LogP contribution < -0.4 is 10.6 Å². The average molecular weight is 452 g/mol. The van der Waals surface area contributed by atoms with E-state index in [-0.39, 0.29) is 18.9 Å². The number of nitrogens with zero attached hydrogens (tertiary/aromatic N) is 1. The standard InChI is InChI=1S/C23H21N3O5S/c1-13(21(28)29)24-20(27)10-14-12-32-22(25-14)26-23(30)31-11-19-17-8-4-2-6-15(17)16-7-3-5-9-18(16)19/h2-9,12-13,19H,10-11H2,1H3,(H,24,27)(H,28,29)(H,25,26,30). The Bertz CT molecular complexity index is 1130. The van der Waals surface area contributed by atoms with Crippen LogP contribution in [0.1, 0.15) is 29.7 Å². The smallest absolute Gasteiger partial charge is 0.413 e. The molecule has 0 radical (unpaired) electrons. The minimum atomic E-state index is -1.12.